The first-order valence-electron chi connectivity index (χ1n) is 7.40. The van der Waals surface area contributed by atoms with Crippen molar-refractivity contribution in [3.8, 4) is 0 Å². The third-order valence-electron chi connectivity index (χ3n) is 3.97. The number of rotatable bonds is 4. The Morgan fingerprint density at radius 1 is 1.36 bits per heavy atom. The SMILES string of the molecule is Cc1ccnc(C[C@@H](C)N(C)c2nc3c(s2)c(C)nn3C)c1. The average Bonchev–Trinajstić information content (AvgIpc) is 3.00. The van der Waals surface area contributed by atoms with Gasteiger partial charge in [-0.05, 0) is 38.5 Å². The lowest BCUT2D eigenvalue weighted by molar-refractivity contribution is 0.668. The van der Waals surface area contributed by atoms with E-state index in [9.17, 15) is 0 Å². The fraction of sp³-hybridized carbons (Fsp3) is 0.438. The number of aryl methyl sites for hydroxylation is 3. The lowest BCUT2D eigenvalue weighted by atomic mass is 10.1. The molecule has 0 spiro atoms. The van der Waals surface area contributed by atoms with E-state index in [4.69, 9.17) is 4.98 Å². The summed E-state index contributed by atoms with van der Waals surface area (Å²) in [5.41, 5.74) is 4.38. The summed E-state index contributed by atoms with van der Waals surface area (Å²) in [6.07, 6.45) is 2.79. The molecule has 0 aliphatic heterocycles. The van der Waals surface area contributed by atoms with Crippen LogP contribution in [0.3, 0.4) is 0 Å². The second-order valence-electron chi connectivity index (χ2n) is 5.85. The summed E-state index contributed by atoms with van der Waals surface area (Å²) < 4.78 is 3.02. The van der Waals surface area contributed by atoms with Crippen LogP contribution < -0.4 is 4.90 Å². The lowest BCUT2D eigenvalue weighted by Crippen LogP contribution is -2.30. The van der Waals surface area contributed by atoms with Crippen LogP contribution in [0.25, 0.3) is 10.3 Å². The zero-order chi connectivity index (χ0) is 15.9. The smallest absolute Gasteiger partial charge is 0.188 e. The molecule has 3 aromatic heterocycles. The van der Waals surface area contributed by atoms with Crippen LogP contribution in [0.5, 0.6) is 0 Å². The van der Waals surface area contributed by atoms with Crippen molar-refractivity contribution in [3.05, 3.63) is 35.3 Å². The molecule has 0 saturated heterocycles. The van der Waals surface area contributed by atoms with Crippen LogP contribution in [0.1, 0.15) is 23.9 Å². The quantitative estimate of drug-likeness (QED) is 0.742. The Balaban J connectivity index is 1.82. The predicted octanol–water partition coefficient (Wildman–Crippen LogP) is 3.11. The summed E-state index contributed by atoms with van der Waals surface area (Å²) >= 11 is 1.71. The molecule has 0 aliphatic rings. The van der Waals surface area contributed by atoms with Crippen LogP contribution in [0.4, 0.5) is 5.13 Å². The van der Waals surface area contributed by atoms with Crippen molar-refractivity contribution in [1.82, 2.24) is 19.7 Å². The maximum Gasteiger partial charge on any atom is 0.188 e. The fourth-order valence-corrected chi connectivity index (χ4v) is 3.66. The van der Waals surface area contributed by atoms with Crippen molar-refractivity contribution in [2.24, 2.45) is 7.05 Å². The number of anilines is 1. The Morgan fingerprint density at radius 3 is 2.82 bits per heavy atom. The van der Waals surface area contributed by atoms with Gasteiger partial charge in [-0.2, -0.15) is 5.10 Å². The summed E-state index contributed by atoms with van der Waals surface area (Å²) in [6.45, 7) is 6.34. The largest absolute Gasteiger partial charge is 0.348 e. The van der Waals surface area contributed by atoms with Gasteiger partial charge in [0, 0.05) is 38.4 Å². The van der Waals surface area contributed by atoms with E-state index in [1.165, 1.54) is 10.3 Å². The summed E-state index contributed by atoms with van der Waals surface area (Å²) in [7, 11) is 4.04. The van der Waals surface area contributed by atoms with E-state index >= 15 is 0 Å². The third-order valence-corrected chi connectivity index (χ3v) is 5.22. The maximum atomic E-state index is 4.74. The van der Waals surface area contributed by atoms with Gasteiger partial charge in [0.05, 0.1) is 10.4 Å². The molecular weight excluding hydrogens is 294 g/mol. The Kier molecular flexibility index (Phi) is 3.87. The molecule has 6 heteroatoms. The van der Waals surface area contributed by atoms with Crippen LogP contribution in [0.15, 0.2) is 18.3 Å². The molecule has 1 atom stereocenters. The number of hydrogen-bond donors (Lipinski definition) is 0. The molecule has 0 N–H and O–H groups in total. The minimum atomic E-state index is 0.336. The van der Waals surface area contributed by atoms with Crippen LogP contribution in [-0.2, 0) is 13.5 Å². The highest BCUT2D eigenvalue weighted by Crippen LogP contribution is 2.31. The highest BCUT2D eigenvalue weighted by atomic mass is 32.1. The lowest BCUT2D eigenvalue weighted by Gasteiger charge is -2.24. The minimum Gasteiger partial charge on any atom is -0.348 e. The Morgan fingerprint density at radius 2 is 2.14 bits per heavy atom. The van der Waals surface area contributed by atoms with Gasteiger partial charge in [-0.15, -0.1) is 0 Å². The van der Waals surface area contributed by atoms with Gasteiger partial charge in [-0.3, -0.25) is 4.98 Å². The molecule has 0 radical (unpaired) electrons. The van der Waals surface area contributed by atoms with Crippen LogP contribution in [0.2, 0.25) is 0 Å². The first-order valence-corrected chi connectivity index (χ1v) is 8.22. The van der Waals surface area contributed by atoms with E-state index in [0.717, 1.165) is 28.6 Å². The average molecular weight is 315 g/mol. The fourth-order valence-electron chi connectivity index (χ4n) is 2.56. The number of likely N-dealkylation sites (N-methyl/N-ethyl adjacent to an activating group) is 1. The molecule has 22 heavy (non-hydrogen) atoms. The van der Waals surface area contributed by atoms with Crippen molar-refractivity contribution in [1.29, 1.82) is 0 Å². The van der Waals surface area contributed by atoms with E-state index in [-0.39, 0.29) is 0 Å². The molecule has 0 unspecified atom stereocenters. The van der Waals surface area contributed by atoms with Crippen molar-refractivity contribution in [2.75, 3.05) is 11.9 Å². The van der Waals surface area contributed by atoms with Gasteiger partial charge in [0.25, 0.3) is 0 Å². The summed E-state index contributed by atoms with van der Waals surface area (Å²) in [5.74, 6) is 0. The van der Waals surface area contributed by atoms with Gasteiger partial charge in [0.1, 0.15) is 0 Å². The molecule has 0 saturated carbocycles. The van der Waals surface area contributed by atoms with E-state index in [2.05, 4.69) is 41.9 Å². The van der Waals surface area contributed by atoms with Gasteiger partial charge in [-0.1, -0.05) is 11.3 Å². The molecule has 3 rings (SSSR count). The summed E-state index contributed by atoms with van der Waals surface area (Å²) in [6, 6.07) is 4.51. The van der Waals surface area contributed by atoms with Crippen molar-refractivity contribution < 1.29 is 0 Å². The summed E-state index contributed by atoms with van der Waals surface area (Å²) in [4.78, 5) is 11.4. The number of fused-ring (bicyclic) bond motifs is 1. The van der Waals surface area contributed by atoms with Crippen molar-refractivity contribution >= 4 is 26.8 Å². The molecule has 0 bridgehead atoms. The molecule has 0 amide bonds. The van der Waals surface area contributed by atoms with Crippen molar-refractivity contribution in [3.63, 3.8) is 0 Å². The van der Waals surface area contributed by atoms with Gasteiger partial charge in [0.15, 0.2) is 10.8 Å². The monoisotopic (exact) mass is 315 g/mol. The molecular formula is C16H21N5S. The van der Waals surface area contributed by atoms with E-state index in [1.54, 1.807) is 11.3 Å². The Labute approximate surface area is 134 Å². The first-order chi connectivity index (χ1) is 10.5. The number of aromatic nitrogens is 4. The third kappa shape index (κ3) is 2.70. The highest BCUT2D eigenvalue weighted by molar-refractivity contribution is 7.22. The molecule has 0 aliphatic carbocycles. The van der Waals surface area contributed by atoms with Gasteiger partial charge in [0.2, 0.25) is 0 Å². The molecule has 116 valence electrons. The second-order valence-corrected chi connectivity index (χ2v) is 6.82. The first kappa shape index (κ1) is 15.0. The predicted molar refractivity (Wildman–Crippen MR) is 91.7 cm³/mol. The van der Waals surface area contributed by atoms with E-state index in [0.29, 0.717) is 6.04 Å². The molecule has 0 aromatic carbocycles. The van der Waals surface area contributed by atoms with E-state index < -0.39 is 0 Å². The number of pyridine rings is 1. The second kappa shape index (κ2) is 5.68. The zero-order valence-corrected chi connectivity index (χ0v) is 14.5. The van der Waals surface area contributed by atoms with Gasteiger partial charge < -0.3 is 4.90 Å². The number of thiazole rings is 1. The normalized spacial score (nSPS) is 12.8. The molecule has 5 nitrogen and oxygen atoms in total. The maximum absolute atomic E-state index is 4.74. The molecule has 3 heterocycles. The van der Waals surface area contributed by atoms with E-state index in [1.807, 2.05) is 30.9 Å². The number of nitrogens with zero attached hydrogens (tertiary/aromatic N) is 5. The molecule has 0 fully saturated rings. The van der Waals surface area contributed by atoms with Crippen molar-refractivity contribution in [2.45, 2.75) is 33.2 Å². The topological polar surface area (TPSA) is 46.8 Å². The minimum absolute atomic E-state index is 0.336. The van der Waals surface area contributed by atoms with Gasteiger partial charge in [-0.25, -0.2) is 9.67 Å². The van der Waals surface area contributed by atoms with Crippen LogP contribution in [0, 0.1) is 13.8 Å². The standard InChI is InChI=1S/C16H21N5S/c1-10-6-7-17-13(8-10)9-11(2)20(4)16-18-15-14(22-16)12(3)19-21(15)5/h6-8,11H,9H2,1-5H3/t11-/m1/s1. The van der Waals surface area contributed by atoms with Crippen LogP contribution >= 0.6 is 11.3 Å². The molecule has 3 aromatic rings. The Bertz CT molecular complexity index is 770. The highest BCUT2D eigenvalue weighted by Gasteiger charge is 2.18. The van der Waals surface area contributed by atoms with Crippen LogP contribution in [-0.4, -0.2) is 32.8 Å². The zero-order valence-electron chi connectivity index (χ0n) is 13.7. The summed E-state index contributed by atoms with van der Waals surface area (Å²) in [5, 5.41) is 5.44. The Hall–Kier alpha value is -1.95. The number of hydrogen-bond acceptors (Lipinski definition) is 5. The van der Waals surface area contributed by atoms with Gasteiger partial charge >= 0.3 is 0 Å².